The Morgan fingerprint density at radius 1 is 1.15 bits per heavy atom. The molecule has 1 atom stereocenters. The lowest BCUT2D eigenvalue weighted by atomic mass is 10.2. The first kappa shape index (κ1) is 18.0. The van der Waals surface area contributed by atoms with Crippen LogP contribution < -0.4 is 4.72 Å². The van der Waals surface area contributed by atoms with Crippen LogP contribution >= 0.6 is 11.9 Å². The van der Waals surface area contributed by atoms with Gasteiger partial charge >= 0.3 is 0 Å². The third kappa shape index (κ3) is 3.98. The molecule has 1 aromatic carbocycles. The number of hydrogen-bond donors (Lipinski definition) is 1. The number of nitrogens with zero attached hydrogens (tertiary/aromatic N) is 5. The fourth-order valence-corrected chi connectivity index (χ4v) is 3.69. The molecule has 1 aliphatic carbocycles. The Hall–Kier alpha value is -2.41. The first-order chi connectivity index (χ1) is 13.0. The summed E-state index contributed by atoms with van der Waals surface area (Å²) in [4.78, 5) is 8.80. The Balaban J connectivity index is 1.49. The molecule has 0 unspecified atom stereocenters. The zero-order valence-corrected chi connectivity index (χ0v) is 16.7. The Morgan fingerprint density at radius 2 is 1.85 bits per heavy atom. The van der Waals surface area contributed by atoms with E-state index in [1.54, 1.807) is 11.9 Å². The van der Waals surface area contributed by atoms with E-state index < -0.39 is 0 Å². The number of hydrogen-bond acceptors (Lipinski definition) is 6. The normalized spacial score (nSPS) is 16.1. The van der Waals surface area contributed by atoms with Crippen LogP contribution in [0, 0.1) is 6.92 Å². The average molecular weight is 381 g/mol. The van der Waals surface area contributed by atoms with Crippen molar-refractivity contribution in [2.24, 2.45) is 0 Å². The van der Waals surface area contributed by atoms with Gasteiger partial charge in [0.2, 0.25) is 5.95 Å². The minimum atomic E-state index is 0.0981. The summed E-state index contributed by atoms with van der Waals surface area (Å²) < 4.78 is 5.69. The smallest absolute Gasteiger partial charge is 0.235 e. The van der Waals surface area contributed by atoms with Crippen molar-refractivity contribution in [2.45, 2.75) is 50.8 Å². The molecule has 4 rings (SSSR count). The molecule has 3 aromatic rings. The number of rotatable bonds is 7. The van der Waals surface area contributed by atoms with Crippen molar-refractivity contribution in [3.05, 3.63) is 54.1 Å². The van der Waals surface area contributed by atoms with Crippen molar-refractivity contribution in [1.29, 1.82) is 0 Å². The first-order valence-corrected chi connectivity index (χ1v) is 10.1. The van der Waals surface area contributed by atoms with E-state index >= 15 is 0 Å². The van der Waals surface area contributed by atoms with Crippen molar-refractivity contribution in [3.8, 4) is 11.4 Å². The average Bonchev–Trinajstić information content (AvgIpc) is 3.27. The Bertz CT molecular complexity index is 902. The summed E-state index contributed by atoms with van der Waals surface area (Å²) in [6.07, 6.45) is 6.83. The molecule has 0 spiro atoms. The molecule has 2 aromatic heterocycles. The van der Waals surface area contributed by atoms with Gasteiger partial charge in [0.15, 0.2) is 5.82 Å². The molecule has 0 aliphatic heterocycles. The van der Waals surface area contributed by atoms with Crippen LogP contribution in [0.15, 0.2) is 42.7 Å². The minimum Gasteiger partial charge on any atom is -0.298 e. The summed E-state index contributed by atoms with van der Waals surface area (Å²) in [5, 5.41) is 9.23. The highest BCUT2D eigenvalue weighted by atomic mass is 32.2. The Labute approximate surface area is 164 Å². The van der Waals surface area contributed by atoms with Gasteiger partial charge in [-0.2, -0.15) is 0 Å². The van der Waals surface area contributed by atoms with Gasteiger partial charge in [0.25, 0.3) is 0 Å². The van der Waals surface area contributed by atoms with Crippen LogP contribution in [-0.2, 0) is 12.0 Å². The molecule has 0 saturated heterocycles. The van der Waals surface area contributed by atoms with Gasteiger partial charge < -0.3 is 0 Å². The molecule has 140 valence electrons. The second-order valence-electron chi connectivity index (χ2n) is 7.46. The van der Waals surface area contributed by atoms with Gasteiger partial charge in [-0.05, 0) is 44.2 Å². The topological polar surface area (TPSA) is 68.5 Å². The third-order valence-electron chi connectivity index (χ3n) is 4.86. The van der Waals surface area contributed by atoms with Crippen molar-refractivity contribution in [3.63, 3.8) is 0 Å². The van der Waals surface area contributed by atoms with Gasteiger partial charge in [0.05, 0.1) is 0 Å². The summed E-state index contributed by atoms with van der Waals surface area (Å²) in [6, 6.07) is 10.3. The maximum atomic E-state index is 4.48. The molecule has 0 amide bonds. The monoisotopic (exact) mass is 380 g/mol. The molecule has 27 heavy (non-hydrogen) atoms. The quantitative estimate of drug-likeness (QED) is 0.618. The van der Waals surface area contributed by atoms with Crippen LogP contribution in [-0.4, -0.2) is 30.0 Å². The fraction of sp³-hybridized carbons (Fsp3) is 0.400. The van der Waals surface area contributed by atoms with Gasteiger partial charge in [0, 0.05) is 35.2 Å². The second-order valence-corrected chi connectivity index (χ2v) is 8.70. The highest BCUT2D eigenvalue weighted by molar-refractivity contribution is 8.01. The molecule has 2 heterocycles. The van der Waals surface area contributed by atoms with Crippen LogP contribution in [0.3, 0.4) is 0 Å². The van der Waals surface area contributed by atoms with E-state index in [-0.39, 0.29) is 5.54 Å². The van der Waals surface area contributed by atoms with Crippen molar-refractivity contribution in [2.75, 3.05) is 4.72 Å². The van der Waals surface area contributed by atoms with Crippen molar-refractivity contribution < 1.29 is 0 Å². The van der Waals surface area contributed by atoms with E-state index in [1.165, 1.54) is 0 Å². The highest BCUT2D eigenvalue weighted by Crippen LogP contribution is 2.47. The number of aromatic nitrogens is 5. The highest BCUT2D eigenvalue weighted by Gasteiger charge is 2.43. The standard InChI is InChI=1S/C20H24N6S/c1-14-12-21-17(22-13-14)11-15(2)27-25-19-24-23-18(16-7-5-4-6-8-16)26(19)20(3)9-10-20/h4-8,12-13,15H,9-11H2,1-3H3,(H,24,25)/t15-/m0/s1. The summed E-state index contributed by atoms with van der Waals surface area (Å²) in [5.74, 6) is 2.60. The number of anilines is 1. The van der Waals surface area contributed by atoms with Crippen LogP contribution in [0.5, 0.6) is 0 Å². The molecule has 1 saturated carbocycles. The van der Waals surface area contributed by atoms with Crippen LogP contribution in [0.1, 0.15) is 38.1 Å². The molecule has 7 heteroatoms. The zero-order chi connectivity index (χ0) is 18.9. The predicted molar refractivity (Wildman–Crippen MR) is 109 cm³/mol. The lowest BCUT2D eigenvalue weighted by Crippen LogP contribution is -2.17. The van der Waals surface area contributed by atoms with Crippen molar-refractivity contribution in [1.82, 2.24) is 24.7 Å². The molecule has 1 N–H and O–H groups in total. The second kappa shape index (κ2) is 7.31. The van der Waals surface area contributed by atoms with Crippen LogP contribution in [0.25, 0.3) is 11.4 Å². The van der Waals surface area contributed by atoms with E-state index in [0.29, 0.717) is 5.25 Å². The van der Waals surface area contributed by atoms with E-state index in [4.69, 9.17) is 0 Å². The molecular weight excluding hydrogens is 356 g/mol. The summed E-state index contributed by atoms with van der Waals surface area (Å²) in [7, 11) is 0. The zero-order valence-electron chi connectivity index (χ0n) is 15.9. The molecule has 1 fully saturated rings. The number of aryl methyl sites for hydroxylation is 1. The lowest BCUT2D eigenvalue weighted by Gasteiger charge is -2.18. The first-order valence-electron chi connectivity index (χ1n) is 9.26. The van der Waals surface area contributed by atoms with Gasteiger partial charge in [0.1, 0.15) is 5.82 Å². The molecule has 0 radical (unpaired) electrons. The SMILES string of the molecule is Cc1cnc(C[C@H](C)SNc2nnc(-c3ccccc3)n2C2(C)CC2)nc1. The molecule has 1 aliphatic rings. The third-order valence-corrected chi connectivity index (χ3v) is 5.73. The van der Waals surface area contributed by atoms with Gasteiger partial charge in [-0.25, -0.2) is 9.97 Å². The summed E-state index contributed by atoms with van der Waals surface area (Å²) >= 11 is 1.64. The van der Waals surface area contributed by atoms with Crippen LogP contribution in [0.4, 0.5) is 5.95 Å². The predicted octanol–water partition coefficient (Wildman–Crippen LogP) is 4.24. The maximum Gasteiger partial charge on any atom is 0.235 e. The van der Waals surface area contributed by atoms with Gasteiger partial charge in [-0.3, -0.25) is 9.29 Å². The van der Waals surface area contributed by atoms with Gasteiger partial charge in [-0.15, -0.1) is 10.2 Å². The largest absolute Gasteiger partial charge is 0.298 e. The molecule has 0 bridgehead atoms. The van der Waals surface area contributed by atoms with E-state index in [1.807, 2.05) is 37.5 Å². The van der Waals surface area contributed by atoms with E-state index in [0.717, 1.165) is 48.0 Å². The van der Waals surface area contributed by atoms with Gasteiger partial charge in [-0.1, -0.05) is 37.3 Å². The lowest BCUT2D eigenvalue weighted by molar-refractivity contribution is 0.544. The summed E-state index contributed by atoms with van der Waals surface area (Å²) in [5.41, 5.74) is 2.27. The maximum absolute atomic E-state index is 4.48. The number of benzene rings is 1. The van der Waals surface area contributed by atoms with E-state index in [9.17, 15) is 0 Å². The minimum absolute atomic E-state index is 0.0981. The Kier molecular flexibility index (Phi) is 4.86. The Morgan fingerprint density at radius 3 is 2.52 bits per heavy atom. The van der Waals surface area contributed by atoms with Crippen LogP contribution in [0.2, 0.25) is 0 Å². The number of nitrogens with one attached hydrogen (secondary N) is 1. The van der Waals surface area contributed by atoms with Crippen molar-refractivity contribution >= 4 is 17.9 Å². The summed E-state index contributed by atoms with van der Waals surface area (Å²) in [6.45, 7) is 6.43. The molecular formula is C20H24N6S. The van der Waals surface area contributed by atoms with E-state index in [2.05, 4.69) is 55.4 Å². The molecule has 6 nitrogen and oxygen atoms in total. The fourth-order valence-electron chi connectivity index (χ4n) is 3.02.